The lowest BCUT2D eigenvalue weighted by atomic mass is 9.81. The van der Waals surface area contributed by atoms with Crippen LogP contribution >= 0.6 is 0 Å². The van der Waals surface area contributed by atoms with Crippen LogP contribution in [0, 0.1) is 5.92 Å². The van der Waals surface area contributed by atoms with Crippen LogP contribution in [0.15, 0.2) is 12.1 Å². The summed E-state index contributed by atoms with van der Waals surface area (Å²) in [6.07, 6.45) is 7.89. The molecule has 2 heterocycles. The SMILES string of the molecule is COc1cc2c(cc1OC(C)C1CCC1)CCN1CC(OC(C)(C)C)CCC21. The summed E-state index contributed by atoms with van der Waals surface area (Å²) in [5.74, 6) is 2.52. The molecule has 3 aliphatic rings. The molecular formula is C24H37NO3. The second-order valence-corrected chi connectivity index (χ2v) is 9.91. The molecule has 0 amide bonds. The molecule has 1 aromatic rings. The molecule has 3 unspecified atom stereocenters. The number of ether oxygens (including phenoxy) is 3. The van der Waals surface area contributed by atoms with Crippen molar-refractivity contribution in [3.05, 3.63) is 23.3 Å². The molecule has 28 heavy (non-hydrogen) atoms. The zero-order chi connectivity index (χ0) is 19.9. The molecule has 2 fully saturated rings. The van der Waals surface area contributed by atoms with Crippen molar-refractivity contribution in [2.24, 2.45) is 5.92 Å². The van der Waals surface area contributed by atoms with E-state index < -0.39 is 0 Å². The van der Waals surface area contributed by atoms with Crippen LogP contribution in [0.2, 0.25) is 0 Å². The fourth-order valence-electron chi connectivity index (χ4n) is 5.07. The molecule has 0 N–H and O–H groups in total. The van der Waals surface area contributed by atoms with E-state index in [-0.39, 0.29) is 11.7 Å². The Kier molecular flexibility index (Phi) is 5.63. The largest absolute Gasteiger partial charge is 0.493 e. The average molecular weight is 388 g/mol. The van der Waals surface area contributed by atoms with Crippen molar-refractivity contribution in [1.82, 2.24) is 4.90 Å². The van der Waals surface area contributed by atoms with Crippen molar-refractivity contribution in [1.29, 1.82) is 0 Å². The van der Waals surface area contributed by atoms with Crippen LogP contribution in [0.5, 0.6) is 11.5 Å². The number of rotatable bonds is 5. The molecule has 4 nitrogen and oxygen atoms in total. The molecule has 0 radical (unpaired) electrons. The van der Waals surface area contributed by atoms with Gasteiger partial charge in [0.15, 0.2) is 11.5 Å². The summed E-state index contributed by atoms with van der Waals surface area (Å²) in [5.41, 5.74) is 2.80. The molecular weight excluding hydrogens is 350 g/mol. The Morgan fingerprint density at radius 3 is 2.50 bits per heavy atom. The summed E-state index contributed by atoms with van der Waals surface area (Å²) in [7, 11) is 1.76. The zero-order valence-electron chi connectivity index (χ0n) is 18.3. The van der Waals surface area contributed by atoms with Crippen molar-refractivity contribution in [3.8, 4) is 11.5 Å². The van der Waals surface area contributed by atoms with Gasteiger partial charge in [-0.3, -0.25) is 4.90 Å². The van der Waals surface area contributed by atoms with Crippen LogP contribution in [0.25, 0.3) is 0 Å². The maximum Gasteiger partial charge on any atom is 0.161 e. The Hall–Kier alpha value is -1.26. The maximum atomic E-state index is 6.36. The van der Waals surface area contributed by atoms with Gasteiger partial charge in [0.25, 0.3) is 0 Å². The number of hydrogen-bond donors (Lipinski definition) is 0. The van der Waals surface area contributed by atoms with Gasteiger partial charge in [-0.15, -0.1) is 0 Å². The number of fused-ring (bicyclic) bond motifs is 3. The lowest BCUT2D eigenvalue weighted by Gasteiger charge is -2.45. The third-order valence-electron chi connectivity index (χ3n) is 6.74. The Labute approximate surface area is 170 Å². The summed E-state index contributed by atoms with van der Waals surface area (Å²) in [6, 6.07) is 4.99. The van der Waals surface area contributed by atoms with Gasteiger partial charge < -0.3 is 14.2 Å². The monoisotopic (exact) mass is 387 g/mol. The van der Waals surface area contributed by atoms with E-state index in [1.54, 1.807) is 7.11 Å². The molecule has 0 bridgehead atoms. The Balaban J connectivity index is 1.51. The van der Waals surface area contributed by atoms with Crippen LogP contribution in [-0.4, -0.2) is 42.9 Å². The van der Waals surface area contributed by atoms with Gasteiger partial charge in [0.2, 0.25) is 0 Å². The third kappa shape index (κ3) is 4.18. The molecule has 3 atom stereocenters. The van der Waals surface area contributed by atoms with Gasteiger partial charge in [-0.25, -0.2) is 0 Å². The second-order valence-electron chi connectivity index (χ2n) is 9.91. The molecule has 4 heteroatoms. The second kappa shape index (κ2) is 7.87. The first-order chi connectivity index (χ1) is 13.3. The summed E-state index contributed by atoms with van der Waals surface area (Å²) < 4.78 is 18.4. The molecule has 0 spiro atoms. The van der Waals surface area contributed by atoms with E-state index in [1.165, 1.54) is 30.4 Å². The van der Waals surface area contributed by atoms with E-state index in [0.717, 1.165) is 43.9 Å². The summed E-state index contributed by atoms with van der Waals surface area (Å²) in [4.78, 5) is 2.61. The van der Waals surface area contributed by atoms with Gasteiger partial charge in [-0.1, -0.05) is 6.42 Å². The highest BCUT2D eigenvalue weighted by molar-refractivity contribution is 5.49. The average Bonchev–Trinajstić information content (AvgIpc) is 2.57. The molecule has 1 aromatic carbocycles. The molecule has 2 aliphatic heterocycles. The molecule has 1 aliphatic carbocycles. The lowest BCUT2D eigenvalue weighted by molar-refractivity contribution is -0.0971. The fraction of sp³-hybridized carbons (Fsp3) is 0.750. The van der Waals surface area contributed by atoms with Crippen molar-refractivity contribution >= 4 is 0 Å². The normalized spacial score (nSPS) is 26.8. The predicted octanol–water partition coefficient (Wildman–Crippen LogP) is 5.14. The van der Waals surface area contributed by atoms with Gasteiger partial charge in [0.1, 0.15) is 0 Å². The van der Waals surface area contributed by atoms with E-state index >= 15 is 0 Å². The van der Waals surface area contributed by atoms with Crippen molar-refractivity contribution in [3.63, 3.8) is 0 Å². The smallest absolute Gasteiger partial charge is 0.161 e. The molecule has 0 aromatic heterocycles. The first kappa shape index (κ1) is 20.0. The van der Waals surface area contributed by atoms with Crippen LogP contribution in [0.3, 0.4) is 0 Å². The third-order valence-corrected chi connectivity index (χ3v) is 6.74. The maximum absolute atomic E-state index is 6.36. The number of hydrogen-bond acceptors (Lipinski definition) is 4. The van der Waals surface area contributed by atoms with E-state index in [9.17, 15) is 0 Å². The van der Waals surface area contributed by atoms with Crippen LogP contribution in [0.4, 0.5) is 0 Å². The lowest BCUT2D eigenvalue weighted by Crippen LogP contribution is -2.47. The molecule has 1 saturated carbocycles. The highest BCUT2D eigenvalue weighted by Crippen LogP contribution is 2.43. The molecule has 4 rings (SSSR count). The van der Waals surface area contributed by atoms with Crippen LogP contribution in [0.1, 0.15) is 77.0 Å². The summed E-state index contributed by atoms with van der Waals surface area (Å²) >= 11 is 0. The minimum absolute atomic E-state index is 0.0716. The standard InChI is InChI=1S/C24H37NO3/c1-16(17-7-6-8-17)27-23-13-18-11-12-25-15-19(28-24(2,3)4)9-10-21(25)20(18)14-22(23)26-5/h13-14,16-17,19,21H,6-12,15H2,1-5H3. The Morgan fingerprint density at radius 1 is 1.07 bits per heavy atom. The minimum atomic E-state index is -0.0716. The summed E-state index contributed by atoms with van der Waals surface area (Å²) in [5, 5.41) is 0. The van der Waals surface area contributed by atoms with E-state index in [4.69, 9.17) is 14.2 Å². The van der Waals surface area contributed by atoms with Gasteiger partial charge in [0, 0.05) is 19.1 Å². The van der Waals surface area contributed by atoms with Gasteiger partial charge in [-0.2, -0.15) is 0 Å². The molecule has 156 valence electrons. The Bertz CT molecular complexity index is 692. The van der Waals surface area contributed by atoms with Crippen LogP contribution < -0.4 is 9.47 Å². The quantitative estimate of drug-likeness (QED) is 0.700. The predicted molar refractivity (Wildman–Crippen MR) is 112 cm³/mol. The topological polar surface area (TPSA) is 30.9 Å². The zero-order valence-corrected chi connectivity index (χ0v) is 18.3. The Morgan fingerprint density at radius 2 is 1.86 bits per heavy atom. The first-order valence-electron chi connectivity index (χ1n) is 11.1. The van der Waals surface area contributed by atoms with E-state index in [2.05, 4.69) is 44.7 Å². The van der Waals surface area contributed by atoms with Gasteiger partial charge >= 0.3 is 0 Å². The van der Waals surface area contributed by atoms with Crippen molar-refractivity contribution in [2.45, 2.75) is 90.1 Å². The molecule has 1 saturated heterocycles. The van der Waals surface area contributed by atoms with Crippen LogP contribution in [-0.2, 0) is 11.2 Å². The highest BCUT2D eigenvalue weighted by atomic mass is 16.5. The van der Waals surface area contributed by atoms with E-state index in [1.807, 2.05) is 0 Å². The first-order valence-corrected chi connectivity index (χ1v) is 11.1. The highest BCUT2D eigenvalue weighted by Gasteiger charge is 2.36. The summed E-state index contributed by atoms with van der Waals surface area (Å²) in [6.45, 7) is 10.8. The minimum Gasteiger partial charge on any atom is -0.493 e. The number of piperidine rings is 1. The fourth-order valence-corrected chi connectivity index (χ4v) is 5.07. The van der Waals surface area contributed by atoms with Gasteiger partial charge in [0.05, 0.1) is 24.9 Å². The van der Waals surface area contributed by atoms with Gasteiger partial charge in [-0.05, 0) is 89.0 Å². The number of methoxy groups -OCH3 is 1. The van der Waals surface area contributed by atoms with E-state index in [0.29, 0.717) is 18.1 Å². The number of nitrogens with zero attached hydrogens (tertiary/aromatic N) is 1. The number of benzene rings is 1. The van der Waals surface area contributed by atoms with Crippen molar-refractivity contribution in [2.75, 3.05) is 20.2 Å². The van der Waals surface area contributed by atoms with Crippen molar-refractivity contribution < 1.29 is 14.2 Å².